The standard InChI is InChI=1S/C26H32FN5O/c1-17-7-8-20-22(17)24(29-16-28-20)31-11-13-32(14-12-31)25(33)23(18-5-4-6-19(27)15-18)21-9-10-26(2,3)30-21/h4-6,15-16,21,23,30H,1,7-14H2,2-3H3/t21-,23?/m0/s1. The molecule has 1 amide bonds. The van der Waals surface area contributed by atoms with Gasteiger partial charge < -0.3 is 15.1 Å². The zero-order chi connectivity index (χ0) is 23.2. The number of fused-ring (bicyclic) bond motifs is 1. The Balaban J connectivity index is 1.34. The van der Waals surface area contributed by atoms with Gasteiger partial charge in [0.15, 0.2) is 0 Å². The second-order valence-electron chi connectivity index (χ2n) is 10.1. The maximum atomic E-state index is 14.1. The summed E-state index contributed by atoms with van der Waals surface area (Å²) in [6.07, 6.45) is 5.38. The predicted octanol–water partition coefficient (Wildman–Crippen LogP) is 3.54. The summed E-state index contributed by atoms with van der Waals surface area (Å²) in [5, 5.41) is 3.63. The molecular formula is C26H32FN5O. The number of amides is 1. The molecule has 33 heavy (non-hydrogen) atoms. The largest absolute Gasteiger partial charge is 0.352 e. The minimum absolute atomic E-state index is 0.000729. The number of piperazine rings is 1. The molecule has 174 valence electrons. The average molecular weight is 450 g/mol. The number of rotatable bonds is 4. The lowest BCUT2D eigenvalue weighted by molar-refractivity contribution is -0.133. The van der Waals surface area contributed by atoms with Gasteiger partial charge in [-0.25, -0.2) is 14.4 Å². The Hall–Kier alpha value is -2.80. The second kappa shape index (κ2) is 8.52. The zero-order valence-electron chi connectivity index (χ0n) is 19.5. The van der Waals surface area contributed by atoms with Gasteiger partial charge in [0.25, 0.3) is 0 Å². The molecule has 2 saturated heterocycles. The zero-order valence-corrected chi connectivity index (χ0v) is 19.5. The summed E-state index contributed by atoms with van der Waals surface area (Å²) in [5.74, 6) is 0.325. The summed E-state index contributed by atoms with van der Waals surface area (Å²) < 4.78 is 14.1. The fraction of sp³-hybridized carbons (Fsp3) is 0.500. The Morgan fingerprint density at radius 2 is 2.00 bits per heavy atom. The number of hydrogen-bond acceptors (Lipinski definition) is 5. The van der Waals surface area contributed by atoms with Crippen LogP contribution in [-0.4, -0.2) is 58.5 Å². The first-order valence-electron chi connectivity index (χ1n) is 11.9. The Morgan fingerprint density at radius 1 is 1.21 bits per heavy atom. The molecule has 1 unspecified atom stereocenters. The van der Waals surface area contributed by atoms with Gasteiger partial charge in [0, 0.05) is 43.3 Å². The molecule has 1 aromatic heterocycles. The van der Waals surface area contributed by atoms with Crippen molar-refractivity contribution in [1.82, 2.24) is 20.2 Å². The number of aryl methyl sites for hydroxylation is 1. The van der Waals surface area contributed by atoms with Crippen molar-refractivity contribution in [3.63, 3.8) is 0 Å². The van der Waals surface area contributed by atoms with Crippen LogP contribution < -0.4 is 10.2 Å². The van der Waals surface area contributed by atoms with Crippen LogP contribution in [-0.2, 0) is 11.2 Å². The van der Waals surface area contributed by atoms with E-state index in [9.17, 15) is 9.18 Å². The van der Waals surface area contributed by atoms with E-state index in [2.05, 4.69) is 40.6 Å². The van der Waals surface area contributed by atoms with Crippen molar-refractivity contribution in [3.05, 3.63) is 59.8 Å². The van der Waals surface area contributed by atoms with Gasteiger partial charge in [0.05, 0.1) is 11.6 Å². The van der Waals surface area contributed by atoms with Crippen LogP contribution in [0.15, 0.2) is 37.2 Å². The molecule has 0 saturated carbocycles. The Morgan fingerprint density at radius 3 is 2.70 bits per heavy atom. The molecule has 2 fully saturated rings. The van der Waals surface area contributed by atoms with E-state index in [0.29, 0.717) is 26.2 Å². The molecule has 3 aliphatic rings. The highest BCUT2D eigenvalue weighted by Gasteiger charge is 2.41. The molecule has 2 atom stereocenters. The lowest BCUT2D eigenvalue weighted by Crippen LogP contribution is -2.53. The highest BCUT2D eigenvalue weighted by Crippen LogP contribution is 2.37. The average Bonchev–Trinajstić information content (AvgIpc) is 3.36. The topological polar surface area (TPSA) is 61.4 Å². The highest BCUT2D eigenvalue weighted by atomic mass is 19.1. The van der Waals surface area contributed by atoms with Gasteiger partial charge in [-0.05, 0) is 62.8 Å². The van der Waals surface area contributed by atoms with E-state index >= 15 is 0 Å². The molecule has 0 radical (unpaired) electrons. The number of aromatic nitrogens is 2. The summed E-state index contributed by atoms with van der Waals surface area (Å²) in [4.78, 5) is 27.0. The van der Waals surface area contributed by atoms with Crippen LogP contribution in [0.4, 0.5) is 10.2 Å². The van der Waals surface area contributed by atoms with Gasteiger partial charge in [-0.3, -0.25) is 4.79 Å². The third-order valence-electron chi connectivity index (χ3n) is 7.35. The van der Waals surface area contributed by atoms with Crippen molar-refractivity contribution in [2.24, 2.45) is 0 Å². The van der Waals surface area contributed by atoms with Crippen LogP contribution in [0.5, 0.6) is 0 Å². The van der Waals surface area contributed by atoms with E-state index in [0.717, 1.165) is 53.9 Å². The van der Waals surface area contributed by atoms with E-state index in [1.807, 2.05) is 11.0 Å². The van der Waals surface area contributed by atoms with E-state index < -0.39 is 5.92 Å². The minimum Gasteiger partial charge on any atom is -0.352 e. The molecule has 0 spiro atoms. The van der Waals surface area contributed by atoms with E-state index in [1.165, 1.54) is 12.1 Å². The smallest absolute Gasteiger partial charge is 0.231 e. The molecule has 3 heterocycles. The molecule has 1 N–H and O–H groups in total. The monoisotopic (exact) mass is 449 g/mol. The van der Waals surface area contributed by atoms with Crippen molar-refractivity contribution >= 4 is 17.3 Å². The lowest BCUT2D eigenvalue weighted by atomic mass is 9.88. The maximum absolute atomic E-state index is 14.1. The number of allylic oxidation sites excluding steroid dienone is 1. The summed E-state index contributed by atoms with van der Waals surface area (Å²) >= 11 is 0. The number of benzene rings is 1. The Bertz CT molecular complexity index is 1080. The molecule has 2 aromatic rings. The van der Waals surface area contributed by atoms with Gasteiger partial charge in [-0.2, -0.15) is 0 Å². The molecule has 7 heteroatoms. The molecule has 2 aliphatic heterocycles. The molecular weight excluding hydrogens is 417 g/mol. The predicted molar refractivity (Wildman–Crippen MR) is 128 cm³/mol. The maximum Gasteiger partial charge on any atom is 0.231 e. The SMILES string of the molecule is C=C1CCc2ncnc(N3CCN(C(=O)C(c4cccc(F)c4)[C@@H]4CCC(C)(C)N4)CC3)c21. The minimum atomic E-state index is -0.392. The number of hydrogen-bond donors (Lipinski definition) is 1. The Labute approximate surface area is 194 Å². The van der Waals surface area contributed by atoms with Crippen molar-refractivity contribution in [2.45, 2.75) is 57.0 Å². The van der Waals surface area contributed by atoms with Crippen molar-refractivity contribution in [2.75, 3.05) is 31.1 Å². The first kappa shape index (κ1) is 22.0. The molecule has 0 bridgehead atoms. The van der Waals surface area contributed by atoms with Crippen molar-refractivity contribution < 1.29 is 9.18 Å². The number of anilines is 1. The van der Waals surface area contributed by atoms with Crippen LogP contribution in [0.1, 0.15) is 55.8 Å². The highest BCUT2D eigenvalue weighted by molar-refractivity contribution is 5.85. The van der Waals surface area contributed by atoms with Crippen LogP contribution in [0.2, 0.25) is 0 Å². The van der Waals surface area contributed by atoms with Crippen molar-refractivity contribution in [1.29, 1.82) is 0 Å². The summed E-state index contributed by atoms with van der Waals surface area (Å²) in [7, 11) is 0. The molecule has 6 nitrogen and oxygen atoms in total. The van der Waals surface area contributed by atoms with Gasteiger partial charge in [-0.15, -0.1) is 0 Å². The third-order valence-corrected chi connectivity index (χ3v) is 7.35. The number of halogens is 1. The van der Waals surface area contributed by atoms with E-state index in [-0.39, 0.29) is 23.3 Å². The van der Waals surface area contributed by atoms with Crippen LogP contribution >= 0.6 is 0 Å². The first-order valence-corrected chi connectivity index (χ1v) is 11.9. The van der Waals surface area contributed by atoms with Crippen molar-refractivity contribution in [3.8, 4) is 0 Å². The quantitative estimate of drug-likeness (QED) is 0.774. The van der Waals surface area contributed by atoms with Gasteiger partial charge >= 0.3 is 0 Å². The van der Waals surface area contributed by atoms with Crippen LogP contribution in [0.3, 0.4) is 0 Å². The molecule has 5 rings (SSSR count). The van der Waals surface area contributed by atoms with E-state index in [1.54, 1.807) is 12.4 Å². The van der Waals surface area contributed by atoms with Gasteiger partial charge in [0.1, 0.15) is 18.0 Å². The lowest BCUT2D eigenvalue weighted by Gasteiger charge is -2.39. The number of nitrogens with zero attached hydrogens (tertiary/aromatic N) is 4. The van der Waals surface area contributed by atoms with Gasteiger partial charge in [-0.1, -0.05) is 18.7 Å². The van der Waals surface area contributed by atoms with Crippen LogP contribution in [0.25, 0.3) is 5.57 Å². The molecule has 1 aromatic carbocycles. The fourth-order valence-corrected chi connectivity index (χ4v) is 5.59. The first-order chi connectivity index (χ1) is 15.8. The second-order valence-corrected chi connectivity index (χ2v) is 10.1. The normalized spacial score (nSPS) is 23.0. The Kier molecular flexibility index (Phi) is 5.69. The number of carbonyl (C=O) groups is 1. The third kappa shape index (κ3) is 4.26. The number of nitrogens with one attached hydrogen (secondary N) is 1. The summed E-state index contributed by atoms with van der Waals surface area (Å²) in [6.45, 7) is 11.2. The summed E-state index contributed by atoms with van der Waals surface area (Å²) in [5.41, 5.74) is 3.99. The summed E-state index contributed by atoms with van der Waals surface area (Å²) in [6, 6.07) is 6.53. The fourth-order valence-electron chi connectivity index (χ4n) is 5.59. The van der Waals surface area contributed by atoms with Crippen LogP contribution in [0, 0.1) is 5.82 Å². The molecule has 1 aliphatic carbocycles. The van der Waals surface area contributed by atoms with E-state index in [4.69, 9.17) is 0 Å². The number of carbonyl (C=O) groups excluding carboxylic acids is 1. The van der Waals surface area contributed by atoms with Gasteiger partial charge in [0.2, 0.25) is 5.91 Å².